The molecule has 4 aromatic heterocycles. The highest BCUT2D eigenvalue weighted by Gasteiger charge is 2.24. The van der Waals surface area contributed by atoms with Gasteiger partial charge in [-0.15, -0.1) is 0 Å². The number of rotatable bonds is 6. The molecule has 13 heteroatoms. The molecular formula is C29H31N9O4. The highest BCUT2D eigenvalue weighted by atomic mass is 16.5. The van der Waals surface area contributed by atoms with Crippen molar-refractivity contribution in [3.05, 3.63) is 66.6 Å². The predicted molar refractivity (Wildman–Crippen MR) is 157 cm³/mol. The average Bonchev–Trinajstić information content (AvgIpc) is 3.49. The van der Waals surface area contributed by atoms with E-state index in [9.17, 15) is 9.59 Å². The highest BCUT2D eigenvalue weighted by molar-refractivity contribution is 6.05. The first-order valence-electron chi connectivity index (χ1n) is 13.7. The third kappa shape index (κ3) is 5.51. The fraction of sp³-hybridized carbons (Fsp3) is 0.310. The molecular weight excluding hydrogens is 538 g/mol. The molecule has 6 rings (SSSR count). The van der Waals surface area contributed by atoms with Crippen LogP contribution in [0.15, 0.2) is 49.7 Å². The third-order valence-corrected chi connectivity index (χ3v) is 7.28. The van der Waals surface area contributed by atoms with Crippen LogP contribution in [-0.4, -0.2) is 106 Å². The molecule has 0 atom stereocenters. The van der Waals surface area contributed by atoms with Gasteiger partial charge in [0.2, 0.25) is 0 Å². The van der Waals surface area contributed by atoms with Gasteiger partial charge < -0.3 is 34.9 Å². The minimum Gasteiger partial charge on any atom is -0.378 e. The summed E-state index contributed by atoms with van der Waals surface area (Å²) in [7, 11) is 1.78. The van der Waals surface area contributed by atoms with Gasteiger partial charge in [0.25, 0.3) is 5.91 Å². The molecule has 2 fully saturated rings. The van der Waals surface area contributed by atoms with Gasteiger partial charge in [-0.2, -0.15) is 0 Å². The number of ether oxygens (including phenoxy) is 2. The summed E-state index contributed by atoms with van der Waals surface area (Å²) in [6.45, 7) is 8.50. The number of hydrogen-bond donors (Lipinski definition) is 3. The minimum atomic E-state index is -0.194. The SMILES string of the molecule is C=C(c1nc2c(C(=O)N3CCOCC3)cncc2[nH]1)c1cc(-c2cncc(NC(=O)N3CCOCC3)c2)cnc1NC. The molecule has 216 valence electrons. The van der Waals surface area contributed by atoms with Crippen LogP contribution in [0.3, 0.4) is 0 Å². The molecule has 0 spiro atoms. The van der Waals surface area contributed by atoms with Crippen molar-refractivity contribution < 1.29 is 19.1 Å². The Bertz CT molecular complexity index is 1640. The monoisotopic (exact) mass is 569 g/mol. The number of fused-ring (bicyclic) bond motifs is 1. The topological polar surface area (TPSA) is 150 Å². The molecule has 13 nitrogen and oxygen atoms in total. The number of nitrogens with one attached hydrogen (secondary N) is 3. The summed E-state index contributed by atoms with van der Waals surface area (Å²) >= 11 is 0. The standard InChI is InChI=1S/C29H31N9O4/c1-18(26-35-24-17-32-16-23(25(24)36-26)28(39)37-3-7-41-8-4-37)22-12-20(14-33-27(22)30-2)19-11-21(15-31-13-19)34-29(40)38-5-9-42-10-6-38/h11-17H,1,3-10H2,2H3,(H,30,33)(H,34,40)(H,35,36). The predicted octanol–water partition coefficient (Wildman–Crippen LogP) is 2.85. The number of anilines is 2. The van der Waals surface area contributed by atoms with E-state index in [1.54, 1.807) is 47.8 Å². The van der Waals surface area contributed by atoms with Crippen LogP contribution in [0.4, 0.5) is 16.3 Å². The number of carbonyl (C=O) groups is 2. The van der Waals surface area contributed by atoms with Crippen molar-refractivity contribution in [2.75, 3.05) is 70.3 Å². The minimum absolute atomic E-state index is 0.132. The van der Waals surface area contributed by atoms with E-state index in [0.29, 0.717) is 97.7 Å². The van der Waals surface area contributed by atoms with E-state index in [-0.39, 0.29) is 11.9 Å². The van der Waals surface area contributed by atoms with Crippen molar-refractivity contribution in [1.82, 2.24) is 34.7 Å². The van der Waals surface area contributed by atoms with Crippen molar-refractivity contribution in [3.8, 4) is 11.1 Å². The first kappa shape index (κ1) is 27.3. The second-order valence-electron chi connectivity index (χ2n) is 9.91. The Hall–Kier alpha value is -4.88. The number of pyridine rings is 3. The van der Waals surface area contributed by atoms with Gasteiger partial charge in [0.1, 0.15) is 17.2 Å². The Labute approximate surface area is 242 Å². The van der Waals surface area contributed by atoms with Crippen molar-refractivity contribution >= 4 is 40.1 Å². The molecule has 6 heterocycles. The van der Waals surface area contributed by atoms with Crippen LogP contribution in [0.25, 0.3) is 27.7 Å². The van der Waals surface area contributed by atoms with Crippen LogP contribution in [-0.2, 0) is 9.47 Å². The van der Waals surface area contributed by atoms with Crippen LogP contribution in [0, 0.1) is 0 Å². The Morgan fingerprint density at radius 2 is 1.57 bits per heavy atom. The van der Waals surface area contributed by atoms with Crippen molar-refractivity contribution in [2.24, 2.45) is 0 Å². The number of H-pyrrole nitrogens is 1. The van der Waals surface area contributed by atoms with Gasteiger partial charge >= 0.3 is 6.03 Å². The van der Waals surface area contributed by atoms with E-state index >= 15 is 0 Å². The maximum absolute atomic E-state index is 13.2. The zero-order chi connectivity index (χ0) is 29.1. The number of hydrogen-bond acceptors (Lipinski definition) is 9. The fourth-order valence-corrected chi connectivity index (χ4v) is 4.98. The van der Waals surface area contributed by atoms with Crippen LogP contribution in [0.2, 0.25) is 0 Å². The molecule has 3 amide bonds. The molecule has 2 aliphatic heterocycles. The van der Waals surface area contributed by atoms with Gasteiger partial charge in [0.15, 0.2) is 0 Å². The fourth-order valence-electron chi connectivity index (χ4n) is 4.98. The van der Waals surface area contributed by atoms with Crippen LogP contribution >= 0.6 is 0 Å². The van der Waals surface area contributed by atoms with Crippen molar-refractivity contribution in [1.29, 1.82) is 0 Å². The van der Waals surface area contributed by atoms with Gasteiger partial charge in [0.05, 0.1) is 55.6 Å². The average molecular weight is 570 g/mol. The summed E-state index contributed by atoms with van der Waals surface area (Å²) in [5.74, 6) is 0.971. The summed E-state index contributed by atoms with van der Waals surface area (Å²) in [5, 5.41) is 6.04. The van der Waals surface area contributed by atoms with Crippen LogP contribution < -0.4 is 10.6 Å². The van der Waals surface area contributed by atoms with Gasteiger partial charge in [-0.3, -0.25) is 14.8 Å². The lowest BCUT2D eigenvalue weighted by Gasteiger charge is -2.26. The lowest BCUT2D eigenvalue weighted by molar-refractivity contribution is 0.0304. The molecule has 4 aromatic rings. The summed E-state index contributed by atoms with van der Waals surface area (Å²) in [4.78, 5) is 50.6. The zero-order valence-electron chi connectivity index (χ0n) is 23.2. The maximum Gasteiger partial charge on any atom is 0.322 e. The molecule has 2 saturated heterocycles. The summed E-state index contributed by atoms with van der Waals surface area (Å²) in [6, 6.07) is 3.60. The lowest BCUT2D eigenvalue weighted by Crippen LogP contribution is -2.43. The Balaban J connectivity index is 1.28. The third-order valence-electron chi connectivity index (χ3n) is 7.28. The normalized spacial score (nSPS) is 15.5. The number of morpholine rings is 2. The van der Waals surface area contributed by atoms with E-state index < -0.39 is 0 Å². The van der Waals surface area contributed by atoms with E-state index in [1.807, 2.05) is 12.1 Å². The van der Waals surface area contributed by atoms with Gasteiger partial charge in [-0.25, -0.2) is 14.8 Å². The summed E-state index contributed by atoms with van der Waals surface area (Å²) in [6.07, 6.45) is 8.24. The number of aromatic amines is 1. The molecule has 0 unspecified atom stereocenters. The second-order valence-corrected chi connectivity index (χ2v) is 9.91. The molecule has 2 aliphatic rings. The smallest absolute Gasteiger partial charge is 0.322 e. The number of urea groups is 1. The first-order chi connectivity index (χ1) is 20.5. The van der Waals surface area contributed by atoms with Crippen LogP contribution in [0.5, 0.6) is 0 Å². The van der Waals surface area contributed by atoms with Gasteiger partial charge in [-0.05, 0) is 12.1 Å². The van der Waals surface area contributed by atoms with E-state index in [0.717, 1.165) is 11.1 Å². The molecule has 0 aliphatic carbocycles. The van der Waals surface area contributed by atoms with Crippen LogP contribution in [0.1, 0.15) is 21.7 Å². The van der Waals surface area contributed by atoms with Gasteiger partial charge in [-0.1, -0.05) is 6.58 Å². The number of aromatic nitrogens is 5. The Kier molecular flexibility index (Phi) is 7.75. The van der Waals surface area contributed by atoms with E-state index in [1.165, 1.54) is 0 Å². The summed E-state index contributed by atoms with van der Waals surface area (Å²) < 4.78 is 10.7. The zero-order valence-corrected chi connectivity index (χ0v) is 23.2. The Morgan fingerprint density at radius 1 is 0.881 bits per heavy atom. The Morgan fingerprint density at radius 3 is 2.31 bits per heavy atom. The number of carbonyl (C=O) groups excluding carboxylic acids is 2. The first-order valence-corrected chi connectivity index (χ1v) is 13.7. The van der Waals surface area contributed by atoms with E-state index in [4.69, 9.17) is 14.5 Å². The van der Waals surface area contributed by atoms with E-state index in [2.05, 4.69) is 37.1 Å². The maximum atomic E-state index is 13.2. The number of amides is 3. The quantitative estimate of drug-likeness (QED) is 0.318. The molecule has 42 heavy (non-hydrogen) atoms. The molecule has 0 aromatic carbocycles. The highest BCUT2D eigenvalue weighted by Crippen LogP contribution is 2.32. The molecule has 0 radical (unpaired) electrons. The number of imidazole rings is 1. The molecule has 3 N–H and O–H groups in total. The second kappa shape index (κ2) is 11.9. The van der Waals surface area contributed by atoms with Crippen molar-refractivity contribution in [3.63, 3.8) is 0 Å². The largest absolute Gasteiger partial charge is 0.378 e. The summed E-state index contributed by atoms with van der Waals surface area (Å²) in [5.41, 5.74) is 5.00. The lowest BCUT2D eigenvalue weighted by atomic mass is 10.0. The molecule has 0 bridgehead atoms. The molecule has 0 saturated carbocycles. The number of nitrogens with zero attached hydrogens (tertiary/aromatic N) is 6. The van der Waals surface area contributed by atoms with Gasteiger partial charge in [0, 0.05) is 74.1 Å². The van der Waals surface area contributed by atoms with Crippen molar-refractivity contribution in [2.45, 2.75) is 0 Å².